The number of amides is 1. The van der Waals surface area contributed by atoms with Crippen molar-refractivity contribution in [3.05, 3.63) is 0 Å². The first-order valence-electron chi connectivity index (χ1n) is 11.4. The topological polar surface area (TPSA) is 118 Å². The molecule has 0 atom stereocenters. The molecule has 0 bridgehead atoms. The van der Waals surface area contributed by atoms with Gasteiger partial charge in [-0.25, -0.2) is 0 Å². The Balaban J connectivity index is 4.04. The molecule has 1 amide bonds. The van der Waals surface area contributed by atoms with Crippen LogP contribution in [0, 0.1) is 0 Å². The maximum Gasteiger partial charge on any atom is 0.317 e. The zero-order valence-corrected chi connectivity index (χ0v) is 18.7. The molecule has 176 valence electrons. The molecule has 30 heavy (non-hydrogen) atoms. The molecule has 0 unspecified atom stereocenters. The fourth-order valence-corrected chi connectivity index (χ4v) is 3.44. The number of carbonyl (C=O) groups is 3. The third-order valence-corrected chi connectivity index (χ3v) is 5.12. The van der Waals surface area contributed by atoms with E-state index in [1.165, 1.54) is 61.2 Å². The second-order valence-electron chi connectivity index (χ2n) is 7.89. The third kappa shape index (κ3) is 17.2. The lowest BCUT2D eigenvalue weighted by atomic mass is 10.1. The molecule has 0 aromatic heterocycles. The number of rotatable bonds is 21. The Morgan fingerprint density at radius 3 is 1.57 bits per heavy atom. The molecule has 0 radical (unpaired) electrons. The Bertz CT molecular complexity index is 457. The van der Waals surface area contributed by atoms with Gasteiger partial charge in [0.25, 0.3) is 0 Å². The van der Waals surface area contributed by atoms with Crippen molar-refractivity contribution in [3.8, 4) is 0 Å². The molecule has 0 aliphatic heterocycles. The number of carboxylic acids is 2. The zero-order valence-electron chi connectivity index (χ0n) is 18.7. The molecule has 0 spiro atoms. The summed E-state index contributed by atoms with van der Waals surface area (Å²) in [6.45, 7) is 1.77. The van der Waals surface area contributed by atoms with Crippen molar-refractivity contribution < 1.29 is 29.7 Å². The lowest BCUT2D eigenvalue weighted by molar-refractivity contribution is -0.141. The lowest BCUT2D eigenvalue weighted by Crippen LogP contribution is -2.43. The number of carbonyl (C=O) groups excluding carboxylic acids is 1. The van der Waals surface area contributed by atoms with E-state index in [0.29, 0.717) is 6.42 Å². The lowest BCUT2D eigenvalue weighted by Gasteiger charge is -2.25. The van der Waals surface area contributed by atoms with Gasteiger partial charge in [0.05, 0.1) is 19.7 Å². The van der Waals surface area contributed by atoms with Gasteiger partial charge in [0, 0.05) is 26.1 Å². The van der Waals surface area contributed by atoms with Crippen molar-refractivity contribution in [1.82, 2.24) is 9.80 Å². The van der Waals surface area contributed by atoms with E-state index in [0.717, 1.165) is 19.3 Å². The van der Waals surface area contributed by atoms with Crippen LogP contribution in [0.3, 0.4) is 0 Å². The van der Waals surface area contributed by atoms with Crippen LogP contribution in [0.25, 0.3) is 0 Å². The number of aliphatic hydroxyl groups is 1. The van der Waals surface area contributed by atoms with Crippen LogP contribution in [-0.4, -0.2) is 82.3 Å². The van der Waals surface area contributed by atoms with Gasteiger partial charge in [0.15, 0.2) is 0 Å². The van der Waals surface area contributed by atoms with E-state index in [9.17, 15) is 19.5 Å². The van der Waals surface area contributed by atoms with Crippen molar-refractivity contribution in [2.45, 2.75) is 84.0 Å². The molecule has 0 rings (SSSR count). The molecule has 0 aromatic carbocycles. The molecular weight excluding hydrogens is 388 g/mol. The smallest absolute Gasteiger partial charge is 0.317 e. The molecule has 0 aromatic rings. The van der Waals surface area contributed by atoms with Crippen LogP contribution in [0.1, 0.15) is 84.0 Å². The number of nitrogens with zero attached hydrogens (tertiary/aromatic N) is 2. The van der Waals surface area contributed by atoms with Crippen LogP contribution < -0.4 is 0 Å². The fourth-order valence-electron chi connectivity index (χ4n) is 3.44. The Labute approximate surface area is 181 Å². The predicted octanol–water partition coefficient (Wildman–Crippen LogP) is 2.98. The van der Waals surface area contributed by atoms with Crippen LogP contribution in [-0.2, 0) is 14.4 Å². The quantitative estimate of drug-likeness (QED) is 0.240. The van der Waals surface area contributed by atoms with Gasteiger partial charge in [-0.2, -0.15) is 0 Å². The summed E-state index contributed by atoms with van der Waals surface area (Å²) in [4.78, 5) is 36.9. The maximum atomic E-state index is 12.4. The van der Waals surface area contributed by atoms with Crippen LogP contribution in [0.5, 0.6) is 0 Å². The van der Waals surface area contributed by atoms with Crippen LogP contribution in [0.15, 0.2) is 0 Å². The van der Waals surface area contributed by atoms with Crippen molar-refractivity contribution in [3.63, 3.8) is 0 Å². The van der Waals surface area contributed by atoms with E-state index >= 15 is 0 Å². The van der Waals surface area contributed by atoms with Crippen molar-refractivity contribution in [2.24, 2.45) is 0 Å². The van der Waals surface area contributed by atoms with E-state index in [1.54, 1.807) is 0 Å². The van der Waals surface area contributed by atoms with Crippen molar-refractivity contribution in [1.29, 1.82) is 0 Å². The Kier molecular flexibility index (Phi) is 18.2. The highest BCUT2D eigenvalue weighted by atomic mass is 16.4. The number of aliphatic hydroxyl groups excluding tert-OH is 1. The monoisotopic (exact) mass is 430 g/mol. The maximum absolute atomic E-state index is 12.4. The first-order valence-corrected chi connectivity index (χ1v) is 11.4. The minimum absolute atomic E-state index is 0.0782. The van der Waals surface area contributed by atoms with E-state index in [4.69, 9.17) is 10.2 Å². The minimum atomic E-state index is -1.11. The van der Waals surface area contributed by atoms with Crippen molar-refractivity contribution in [2.75, 3.05) is 39.3 Å². The van der Waals surface area contributed by atoms with Crippen LogP contribution in [0.2, 0.25) is 0 Å². The Hall–Kier alpha value is -1.67. The number of carboxylic acid groups (broad SMARTS) is 2. The number of hydrogen-bond donors (Lipinski definition) is 3. The summed E-state index contributed by atoms with van der Waals surface area (Å²) < 4.78 is 0. The molecule has 0 fully saturated rings. The average molecular weight is 431 g/mol. The summed E-state index contributed by atoms with van der Waals surface area (Å²) in [7, 11) is 0. The highest BCUT2D eigenvalue weighted by Crippen LogP contribution is 2.12. The molecule has 0 saturated carbocycles. The first kappa shape index (κ1) is 28.3. The van der Waals surface area contributed by atoms with Gasteiger partial charge in [0.2, 0.25) is 5.91 Å². The molecule has 8 nitrogen and oxygen atoms in total. The Morgan fingerprint density at radius 1 is 0.667 bits per heavy atom. The molecule has 0 aliphatic rings. The van der Waals surface area contributed by atoms with Gasteiger partial charge in [-0.05, 0) is 6.42 Å². The molecule has 0 saturated heterocycles. The fraction of sp³-hybridized carbons (Fsp3) is 0.864. The number of aliphatic carboxylic acids is 2. The highest BCUT2D eigenvalue weighted by molar-refractivity contribution is 5.76. The van der Waals surface area contributed by atoms with E-state index in [1.807, 2.05) is 0 Å². The Morgan fingerprint density at radius 2 is 1.13 bits per heavy atom. The SMILES string of the molecule is CCCCCCCCCCCCCC(=O)N(CCO)CCN(CC(=O)O)CC(=O)O. The number of hydrogen-bond acceptors (Lipinski definition) is 5. The van der Waals surface area contributed by atoms with Crippen LogP contribution >= 0.6 is 0 Å². The van der Waals surface area contributed by atoms with E-state index in [2.05, 4.69) is 6.92 Å². The van der Waals surface area contributed by atoms with Gasteiger partial charge in [-0.3, -0.25) is 19.3 Å². The summed E-state index contributed by atoms with van der Waals surface area (Å²) in [6, 6.07) is 0. The summed E-state index contributed by atoms with van der Waals surface area (Å²) >= 11 is 0. The van der Waals surface area contributed by atoms with E-state index in [-0.39, 0.29) is 32.1 Å². The van der Waals surface area contributed by atoms with Gasteiger partial charge in [-0.15, -0.1) is 0 Å². The summed E-state index contributed by atoms with van der Waals surface area (Å²) in [6.07, 6.45) is 13.6. The molecule has 0 aliphatic carbocycles. The second-order valence-corrected chi connectivity index (χ2v) is 7.89. The van der Waals surface area contributed by atoms with Gasteiger partial charge in [-0.1, -0.05) is 71.1 Å². The van der Waals surface area contributed by atoms with Gasteiger partial charge >= 0.3 is 11.9 Å². The minimum Gasteiger partial charge on any atom is -0.480 e. The average Bonchev–Trinajstić information content (AvgIpc) is 2.68. The first-order chi connectivity index (χ1) is 14.4. The predicted molar refractivity (Wildman–Crippen MR) is 116 cm³/mol. The van der Waals surface area contributed by atoms with Gasteiger partial charge < -0.3 is 20.2 Å². The zero-order chi connectivity index (χ0) is 22.6. The summed E-state index contributed by atoms with van der Waals surface area (Å²) in [5.74, 6) is -2.31. The molecule has 0 heterocycles. The molecule has 8 heteroatoms. The summed E-state index contributed by atoms with van der Waals surface area (Å²) in [5, 5.41) is 27.0. The molecular formula is C22H42N2O6. The normalized spacial score (nSPS) is 11.0. The highest BCUT2D eigenvalue weighted by Gasteiger charge is 2.17. The largest absolute Gasteiger partial charge is 0.480 e. The number of unbranched alkanes of at least 4 members (excludes halogenated alkanes) is 10. The van der Waals surface area contributed by atoms with Crippen LogP contribution in [0.4, 0.5) is 0 Å². The van der Waals surface area contributed by atoms with Crippen molar-refractivity contribution >= 4 is 17.8 Å². The summed E-state index contributed by atoms with van der Waals surface area (Å²) in [5.41, 5.74) is 0. The van der Waals surface area contributed by atoms with E-state index < -0.39 is 25.0 Å². The van der Waals surface area contributed by atoms with Gasteiger partial charge in [0.1, 0.15) is 0 Å². The third-order valence-electron chi connectivity index (χ3n) is 5.12. The second kappa shape index (κ2) is 19.3. The standard InChI is InChI=1S/C22H42N2O6/c1-2-3-4-5-6-7-8-9-10-11-12-13-20(26)24(16-17-25)15-14-23(18-21(27)28)19-22(29)30/h25H,2-19H2,1H3,(H,27,28)(H,29,30). The molecule has 3 N–H and O–H groups in total.